The van der Waals surface area contributed by atoms with Crippen LogP contribution in [0.3, 0.4) is 0 Å². The van der Waals surface area contributed by atoms with Crippen molar-refractivity contribution in [2.75, 3.05) is 18.2 Å². The topological polar surface area (TPSA) is 133 Å². The van der Waals surface area contributed by atoms with Crippen LogP contribution in [0, 0.1) is 0 Å². The lowest BCUT2D eigenvalue weighted by atomic mass is 9.99. The molecule has 5 N–H and O–H groups in total. The number of fused-ring (bicyclic) bond motifs is 3. The summed E-state index contributed by atoms with van der Waals surface area (Å²) in [5.41, 5.74) is 16.5. The summed E-state index contributed by atoms with van der Waals surface area (Å²) >= 11 is 0. The van der Waals surface area contributed by atoms with Crippen LogP contribution in [0.4, 0.5) is 17.3 Å². The van der Waals surface area contributed by atoms with Crippen LogP contribution in [0.2, 0.25) is 0 Å². The van der Waals surface area contributed by atoms with Gasteiger partial charge in [-0.15, -0.1) is 10.2 Å². The van der Waals surface area contributed by atoms with Gasteiger partial charge in [-0.3, -0.25) is 14.2 Å². The molecule has 0 radical (unpaired) electrons. The van der Waals surface area contributed by atoms with E-state index in [2.05, 4.69) is 20.5 Å². The summed E-state index contributed by atoms with van der Waals surface area (Å²) in [5.74, 6) is 0.858. The highest BCUT2D eigenvalue weighted by molar-refractivity contribution is 6.21. The lowest BCUT2D eigenvalue weighted by Gasteiger charge is -2.14. The van der Waals surface area contributed by atoms with Gasteiger partial charge in [0.25, 0.3) is 0 Å². The minimum atomic E-state index is -0.149. The maximum atomic E-state index is 12.2. The van der Waals surface area contributed by atoms with Crippen molar-refractivity contribution >= 4 is 45.4 Å². The Morgan fingerprint density at radius 2 is 1.87 bits per heavy atom. The van der Waals surface area contributed by atoms with E-state index in [0.717, 1.165) is 5.69 Å². The molecule has 0 saturated heterocycles. The fourth-order valence-electron chi connectivity index (χ4n) is 3.41. The smallest absolute Gasteiger partial charge is 0.234 e. The summed E-state index contributed by atoms with van der Waals surface area (Å²) in [4.78, 5) is 16.7. The second kappa shape index (κ2) is 7.36. The SMILES string of the molecule is COc1cc2c(cc1C(C(C)=O)=C(C)N)ncc1nnc(Nc3ccc(N)cc3)n12. The molecule has 2 aromatic heterocycles. The second-order valence-corrected chi connectivity index (χ2v) is 6.88. The van der Waals surface area contributed by atoms with Gasteiger partial charge < -0.3 is 21.5 Å². The van der Waals surface area contributed by atoms with Crippen molar-refractivity contribution in [3.8, 4) is 5.75 Å². The van der Waals surface area contributed by atoms with Crippen molar-refractivity contribution in [1.29, 1.82) is 0 Å². The number of Topliss-reactive ketones (excluding diaryl/α,β-unsaturated/α-hetero) is 1. The van der Waals surface area contributed by atoms with E-state index in [-0.39, 0.29) is 5.78 Å². The third-order valence-corrected chi connectivity index (χ3v) is 4.73. The number of rotatable bonds is 5. The number of allylic oxidation sites excluding steroid dienone is 2. The van der Waals surface area contributed by atoms with E-state index in [4.69, 9.17) is 16.2 Å². The van der Waals surface area contributed by atoms with Gasteiger partial charge in [0, 0.05) is 34.3 Å². The van der Waals surface area contributed by atoms with Crippen LogP contribution < -0.4 is 21.5 Å². The third-order valence-electron chi connectivity index (χ3n) is 4.73. The summed E-state index contributed by atoms with van der Waals surface area (Å²) < 4.78 is 7.40. The van der Waals surface area contributed by atoms with E-state index in [1.54, 1.807) is 44.5 Å². The minimum Gasteiger partial charge on any atom is -0.496 e. The van der Waals surface area contributed by atoms with E-state index in [9.17, 15) is 4.79 Å². The first-order valence-electron chi connectivity index (χ1n) is 9.21. The Balaban J connectivity index is 1.93. The fraction of sp³-hybridized carbons (Fsp3) is 0.143. The largest absolute Gasteiger partial charge is 0.496 e. The number of ether oxygens (including phenoxy) is 1. The molecule has 0 spiro atoms. The summed E-state index contributed by atoms with van der Waals surface area (Å²) in [6, 6.07) is 10.9. The fourth-order valence-corrected chi connectivity index (χ4v) is 3.41. The summed E-state index contributed by atoms with van der Waals surface area (Å²) in [6.07, 6.45) is 1.62. The van der Waals surface area contributed by atoms with Crippen molar-refractivity contribution in [3.05, 3.63) is 53.9 Å². The van der Waals surface area contributed by atoms with Crippen LogP contribution >= 0.6 is 0 Å². The lowest BCUT2D eigenvalue weighted by molar-refractivity contribution is -0.111. The second-order valence-electron chi connectivity index (χ2n) is 6.88. The van der Waals surface area contributed by atoms with Gasteiger partial charge in [0.1, 0.15) is 5.75 Å². The van der Waals surface area contributed by atoms with Gasteiger partial charge in [0.15, 0.2) is 11.4 Å². The number of hydrogen-bond donors (Lipinski definition) is 3. The maximum absolute atomic E-state index is 12.2. The Bertz CT molecular complexity index is 1300. The molecular formula is C21H21N7O2. The molecule has 0 aliphatic carbocycles. The monoisotopic (exact) mass is 403 g/mol. The molecule has 152 valence electrons. The molecule has 2 aromatic carbocycles. The van der Waals surface area contributed by atoms with Gasteiger partial charge in [0.2, 0.25) is 5.95 Å². The van der Waals surface area contributed by atoms with Crippen LogP contribution in [0.15, 0.2) is 48.3 Å². The average Bonchev–Trinajstić information content (AvgIpc) is 3.12. The first kappa shape index (κ1) is 19.2. The Morgan fingerprint density at radius 3 is 2.50 bits per heavy atom. The van der Waals surface area contributed by atoms with Gasteiger partial charge in [-0.05, 0) is 44.2 Å². The molecule has 0 saturated carbocycles. The van der Waals surface area contributed by atoms with Crippen LogP contribution in [0.25, 0.3) is 22.3 Å². The van der Waals surface area contributed by atoms with E-state index < -0.39 is 0 Å². The lowest BCUT2D eigenvalue weighted by Crippen LogP contribution is -2.07. The molecule has 0 aliphatic heterocycles. The average molecular weight is 403 g/mol. The molecule has 0 fully saturated rings. The first-order valence-corrected chi connectivity index (χ1v) is 9.21. The zero-order valence-electron chi connectivity index (χ0n) is 16.8. The number of hydrogen-bond acceptors (Lipinski definition) is 8. The predicted molar refractivity (Wildman–Crippen MR) is 116 cm³/mol. The quantitative estimate of drug-likeness (QED) is 0.342. The number of nitrogens with zero attached hydrogens (tertiary/aromatic N) is 4. The number of carbonyl (C=O) groups is 1. The molecule has 2 heterocycles. The maximum Gasteiger partial charge on any atom is 0.234 e. The molecule has 0 aliphatic rings. The van der Waals surface area contributed by atoms with Crippen molar-refractivity contribution in [2.45, 2.75) is 13.8 Å². The van der Waals surface area contributed by atoms with Gasteiger partial charge in [-0.25, -0.2) is 0 Å². The highest BCUT2D eigenvalue weighted by Crippen LogP contribution is 2.33. The van der Waals surface area contributed by atoms with Crippen LogP contribution in [-0.4, -0.2) is 32.5 Å². The van der Waals surface area contributed by atoms with Gasteiger partial charge in [-0.2, -0.15) is 0 Å². The number of aromatic nitrogens is 4. The molecule has 0 bridgehead atoms. The third kappa shape index (κ3) is 3.26. The predicted octanol–water partition coefficient (Wildman–Crippen LogP) is 2.89. The van der Waals surface area contributed by atoms with Gasteiger partial charge in [-0.1, -0.05) is 0 Å². The number of nitrogens with one attached hydrogen (secondary N) is 1. The number of nitrogen functional groups attached to an aromatic ring is 1. The number of benzene rings is 2. The van der Waals surface area contributed by atoms with Crippen molar-refractivity contribution in [3.63, 3.8) is 0 Å². The van der Waals surface area contributed by atoms with Crippen LogP contribution in [0.5, 0.6) is 5.75 Å². The molecule has 0 amide bonds. The van der Waals surface area contributed by atoms with E-state index in [1.807, 2.05) is 16.5 Å². The van der Waals surface area contributed by atoms with Gasteiger partial charge in [0.05, 0.1) is 24.3 Å². The number of carbonyl (C=O) groups excluding carboxylic acids is 1. The molecule has 30 heavy (non-hydrogen) atoms. The number of ketones is 1. The van der Waals surface area contributed by atoms with Crippen molar-refractivity contribution < 1.29 is 9.53 Å². The Labute approximate surface area is 172 Å². The van der Waals surface area contributed by atoms with Crippen LogP contribution in [0.1, 0.15) is 19.4 Å². The summed E-state index contributed by atoms with van der Waals surface area (Å²) in [7, 11) is 1.54. The van der Waals surface area contributed by atoms with Crippen molar-refractivity contribution in [2.24, 2.45) is 5.73 Å². The normalized spacial score (nSPS) is 12.1. The Kier molecular flexibility index (Phi) is 4.71. The number of methoxy groups -OCH3 is 1. The van der Waals surface area contributed by atoms with E-state index >= 15 is 0 Å². The highest BCUT2D eigenvalue weighted by atomic mass is 16.5. The number of anilines is 3. The zero-order valence-corrected chi connectivity index (χ0v) is 16.8. The zero-order chi connectivity index (χ0) is 21.4. The Hall–Kier alpha value is -4.14. The molecule has 9 heteroatoms. The molecule has 9 nitrogen and oxygen atoms in total. The van der Waals surface area contributed by atoms with E-state index in [0.29, 0.717) is 50.9 Å². The highest BCUT2D eigenvalue weighted by Gasteiger charge is 2.19. The Morgan fingerprint density at radius 1 is 1.13 bits per heavy atom. The standard InChI is InChI=1S/C21H21N7O2/c1-11(22)20(12(2)29)15-8-16-17(9-18(15)30-3)28-19(10-24-16)26-27-21(28)25-14-6-4-13(23)5-7-14/h4-10H,22-23H2,1-3H3,(H,25,27). The first-order chi connectivity index (χ1) is 14.4. The van der Waals surface area contributed by atoms with E-state index in [1.165, 1.54) is 6.92 Å². The molecule has 0 atom stereocenters. The summed E-state index contributed by atoms with van der Waals surface area (Å²) in [6.45, 7) is 3.16. The van der Waals surface area contributed by atoms with Crippen LogP contribution in [-0.2, 0) is 4.79 Å². The summed E-state index contributed by atoms with van der Waals surface area (Å²) in [5, 5.41) is 11.7. The number of nitrogens with two attached hydrogens (primary N) is 2. The van der Waals surface area contributed by atoms with Gasteiger partial charge >= 0.3 is 0 Å². The molecule has 4 rings (SSSR count). The molecular weight excluding hydrogens is 382 g/mol. The minimum absolute atomic E-state index is 0.149. The molecule has 4 aromatic rings. The van der Waals surface area contributed by atoms with Crippen molar-refractivity contribution in [1.82, 2.24) is 19.6 Å². The molecule has 0 unspecified atom stereocenters.